The van der Waals surface area contributed by atoms with Gasteiger partial charge in [0.05, 0.1) is 0 Å². The summed E-state index contributed by atoms with van der Waals surface area (Å²) in [4.78, 5) is 1.07. The summed E-state index contributed by atoms with van der Waals surface area (Å²) >= 11 is 1.37. The maximum atomic E-state index is 12.6. The Labute approximate surface area is 127 Å². The zero-order valence-electron chi connectivity index (χ0n) is 12.8. The normalized spacial score (nSPS) is 12.5. The van der Waals surface area contributed by atoms with E-state index in [1.165, 1.54) is 11.3 Å². The molecule has 1 N–H and O–H groups in total. The molecule has 0 aliphatic heterocycles. The van der Waals surface area contributed by atoms with Crippen LogP contribution < -0.4 is 5.32 Å². The summed E-state index contributed by atoms with van der Waals surface area (Å²) in [6.07, 6.45) is 1.90. The van der Waals surface area contributed by atoms with Crippen molar-refractivity contribution in [2.75, 3.05) is 13.1 Å². The topological polar surface area (TPSA) is 49.4 Å². The van der Waals surface area contributed by atoms with Gasteiger partial charge in [0.15, 0.2) is 0 Å². The lowest BCUT2D eigenvalue weighted by Crippen LogP contribution is -2.37. The first-order valence-corrected chi connectivity index (χ1v) is 9.50. The third-order valence-corrected chi connectivity index (χ3v) is 6.57. The van der Waals surface area contributed by atoms with Crippen molar-refractivity contribution in [2.24, 2.45) is 0 Å². The molecule has 0 saturated heterocycles. The van der Waals surface area contributed by atoms with Gasteiger partial charge >= 0.3 is 0 Å². The summed E-state index contributed by atoms with van der Waals surface area (Å²) in [7, 11) is -3.35. The Hall–Kier alpha value is -0.430. The molecule has 4 nitrogen and oxygen atoms in total. The van der Waals surface area contributed by atoms with Crippen LogP contribution in [0.25, 0.3) is 0 Å². The molecule has 0 bridgehead atoms. The number of sulfonamides is 1. The van der Waals surface area contributed by atoms with Crippen molar-refractivity contribution in [3.8, 4) is 0 Å². The van der Waals surface area contributed by atoms with Gasteiger partial charge in [0.25, 0.3) is 10.0 Å². The molecule has 0 unspecified atom stereocenters. The predicted molar refractivity (Wildman–Crippen MR) is 85.6 cm³/mol. The molecule has 6 heteroatoms. The van der Waals surface area contributed by atoms with Crippen molar-refractivity contribution >= 4 is 21.4 Å². The number of hydrogen-bond acceptors (Lipinski definition) is 4. The number of thiophene rings is 1. The van der Waals surface area contributed by atoms with Crippen molar-refractivity contribution < 1.29 is 8.42 Å². The Morgan fingerprint density at radius 1 is 1.25 bits per heavy atom. The van der Waals surface area contributed by atoms with Crippen molar-refractivity contribution in [2.45, 2.75) is 57.3 Å². The molecule has 0 aliphatic rings. The van der Waals surface area contributed by atoms with Crippen molar-refractivity contribution in [3.63, 3.8) is 0 Å². The zero-order chi connectivity index (χ0) is 15.2. The number of rotatable bonds is 9. The van der Waals surface area contributed by atoms with E-state index in [2.05, 4.69) is 12.2 Å². The second-order valence-corrected chi connectivity index (χ2v) is 8.39. The smallest absolute Gasteiger partial charge is 0.252 e. The average Bonchev–Trinajstić information content (AvgIpc) is 2.85. The molecule has 0 aromatic carbocycles. The van der Waals surface area contributed by atoms with Crippen LogP contribution in [0, 0.1) is 0 Å². The molecular formula is C14H26N2O2S2. The first kappa shape index (κ1) is 17.6. The summed E-state index contributed by atoms with van der Waals surface area (Å²) in [6.45, 7) is 10.2. The second-order valence-electron chi connectivity index (χ2n) is 5.11. The number of hydrogen-bond donors (Lipinski definition) is 1. The quantitative estimate of drug-likeness (QED) is 0.712. The molecular weight excluding hydrogens is 292 g/mol. The molecule has 20 heavy (non-hydrogen) atoms. The maximum absolute atomic E-state index is 12.6. The highest BCUT2D eigenvalue weighted by Gasteiger charge is 2.27. The van der Waals surface area contributed by atoms with Crippen molar-refractivity contribution in [1.29, 1.82) is 0 Å². The lowest BCUT2D eigenvalue weighted by Gasteiger charge is -2.24. The molecule has 0 spiro atoms. The van der Waals surface area contributed by atoms with Gasteiger partial charge in [0.1, 0.15) is 4.21 Å². The molecule has 1 rings (SSSR count). The third-order valence-electron chi connectivity index (χ3n) is 2.95. The van der Waals surface area contributed by atoms with Gasteiger partial charge in [0, 0.05) is 24.0 Å². The highest BCUT2D eigenvalue weighted by Crippen LogP contribution is 2.26. The summed E-state index contributed by atoms with van der Waals surface area (Å²) in [5, 5.41) is 3.30. The molecule has 1 aromatic heterocycles. The van der Waals surface area contributed by atoms with E-state index < -0.39 is 10.0 Å². The fraction of sp³-hybridized carbons (Fsp3) is 0.714. The Balaban J connectivity index is 2.86. The van der Waals surface area contributed by atoms with Gasteiger partial charge in [0.2, 0.25) is 0 Å². The average molecular weight is 319 g/mol. The van der Waals surface area contributed by atoms with Crippen LogP contribution in [0.15, 0.2) is 16.3 Å². The minimum absolute atomic E-state index is 0.0104. The van der Waals surface area contributed by atoms with Crippen LogP contribution in [0.4, 0.5) is 0 Å². The Morgan fingerprint density at radius 3 is 2.50 bits per heavy atom. The predicted octanol–water partition coefficient (Wildman–Crippen LogP) is 3.06. The molecule has 0 amide bonds. The first-order chi connectivity index (χ1) is 9.43. The first-order valence-electron chi connectivity index (χ1n) is 7.24. The monoisotopic (exact) mass is 318 g/mol. The molecule has 116 valence electrons. The number of nitrogens with zero attached hydrogens (tertiary/aromatic N) is 1. The fourth-order valence-electron chi connectivity index (χ4n) is 1.97. The zero-order valence-corrected chi connectivity index (χ0v) is 14.5. The van der Waals surface area contributed by atoms with Crippen LogP contribution in [0.5, 0.6) is 0 Å². The van der Waals surface area contributed by atoms with Crippen LogP contribution in [0.3, 0.4) is 0 Å². The van der Waals surface area contributed by atoms with E-state index in [0.29, 0.717) is 10.8 Å². The van der Waals surface area contributed by atoms with E-state index in [1.807, 2.05) is 26.8 Å². The number of nitrogens with one attached hydrogen (secondary N) is 1. The van der Waals surface area contributed by atoms with E-state index in [0.717, 1.165) is 30.8 Å². The van der Waals surface area contributed by atoms with Gasteiger partial charge in [-0.2, -0.15) is 4.31 Å². The summed E-state index contributed by atoms with van der Waals surface area (Å²) in [5.74, 6) is 0. The van der Waals surface area contributed by atoms with Gasteiger partial charge in [-0.05, 0) is 45.4 Å². The molecule has 0 atom stereocenters. The van der Waals surface area contributed by atoms with E-state index >= 15 is 0 Å². The Kier molecular flexibility index (Phi) is 7.15. The summed E-state index contributed by atoms with van der Waals surface area (Å²) in [6, 6.07) is 3.63. The Morgan fingerprint density at radius 2 is 1.95 bits per heavy atom. The Bertz CT molecular complexity index is 495. The van der Waals surface area contributed by atoms with Gasteiger partial charge in [-0.15, -0.1) is 11.3 Å². The lowest BCUT2D eigenvalue weighted by molar-refractivity contribution is 0.355. The largest absolute Gasteiger partial charge is 0.312 e. The van der Waals surface area contributed by atoms with Gasteiger partial charge in [-0.3, -0.25) is 0 Å². The van der Waals surface area contributed by atoms with Crippen molar-refractivity contribution in [3.05, 3.63) is 17.0 Å². The molecule has 1 aromatic rings. The molecule has 1 heterocycles. The SMILES string of the molecule is CCCNCc1ccc(S(=O)(=O)N(CCC)C(C)C)s1. The van der Waals surface area contributed by atoms with Crippen LogP contribution in [-0.4, -0.2) is 31.9 Å². The minimum Gasteiger partial charge on any atom is -0.312 e. The molecule has 0 saturated carbocycles. The van der Waals surface area contributed by atoms with Gasteiger partial charge in [-0.1, -0.05) is 13.8 Å². The van der Waals surface area contributed by atoms with E-state index in [9.17, 15) is 8.42 Å². The van der Waals surface area contributed by atoms with Crippen LogP contribution in [0.2, 0.25) is 0 Å². The van der Waals surface area contributed by atoms with Gasteiger partial charge in [-0.25, -0.2) is 8.42 Å². The highest BCUT2D eigenvalue weighted by molar-refractivity contribution is 7.91. The maximum Gasteiger partial charge on any atom is 0.252 e. The van der Waals surface area contributed by atoms with Gasteiger partial charge < -0.3 is 5.32 Å². The molecule has 0 radical (unpaired) electrons. The second kappa shape index (κ2) is 8.12. The minimum atomic E-state index is -3.35. The van der Waals surface area contributed by atoms with E-state index in [4.69, 9.17) is 0 Å². The lowest BCUT2D eigenvalue weighted by atomic mass is 10.4. The molecule has 0 fully saturated rings. The van der Waals surface area contributed by atoms with Crippen LogP contribution in [0.1, 0.15) is 45.4 Å². The fourth-order valence-corrected chi connectivity index (χ4v) is 5.16. The van der Waals surface area contributed by atoms with Crippen LogP contribution in [-0.2, 0) is 16.6 Å². The van der Waals surface area contributed by atoms with Crippen molar-refractivity contribution in [1.82, 2.24) is 9.62 Å². The highest BCUT2D eigenvalue weighted by atomic mass is 32.2. The van der Waals surface area contributed by atoms with Crippen LogP contribution >= 0.6 is 11.3 Å². The van der Waals surface area contributed by atoms with E-state index in [1.54, 1.807) is 10.4 Å². The third kappa shape index (κ3) is 4.55. The summed E-state index contributed by atoms with van der Waals surface area (Å²) in [5.41, 5.74) is 0. The summed E-state index contributed by atoms with van der Waals surface area (Å²) < 4.78 is 27.3. The van der Waals surface area contributed by atoms with E-state index in [-0.39, 0.29) is 6.04 Å². The standard InChI is InChI=1S/C14H26N2O2S2/c1-5-9-15-11-13-7-8-14(19-13)20(17,18)16(10-6-2)12(3)4/h7-8,12,15H,5-6,9-11H2,1-4H3. The molecule has 0 aliphatic carbocycles.